The first-order chi connectivity index (χ1) is 9.51. The number of halogens is 1. The quantitative estimate of drug-likeness (QED) is 0.827. The molecule has 1 aromatic heterocycles. The average Bonchev–Trinajstić information content (AvgIpc) is 2.83. The lowest BCUT2D eigenvalue weighted by Gasteiger charge is -2.17. The largest absolute Gasteiger partial charge is 0.496 e. The minimum atomic E-state index is -0.00665. The van der Waals surface area contributed by atoms with Crippen LogP contribution in [0.2, 0.25) is 0 Å². The fourth-order valence-corrected chi connectivity index (χ4v) is 3.45. The number of hydrogen-bond acceptors (Lipinski definition) is 3. The number of amides is 1. The molecule has 1 heterocycles. The van der Waals surface area contributed by atoms with Gasteiger partial charge in [0.2, 0.25) is 0 Å². The highest BCUT2D eigenvalue weighted by molar-refractivity contribution is 9.11. The third-order valence-electron chi connectivity index (χ3n) is 3.02. The molecule has 3 nitrogen and oxygen atoms in total. The molecule has 0 atom stereocenters. The third kappa shape index (κ3) is 3.41. The fraction of sp³-hybridized carbons (Fsp3) is 0.267. The predicted molar refractivity (Wildman–Crippen MR) is 85.5 cm³/mol. The molecule has 0 aliphatic carbocycles. The first-order valence-electron chi connectivity index (χ1n) is 6.15. The van der Waals surface area contributed by atoms with E-state index in [0.29, 0.717) is 12.1 Å². The molecular formula is C15H16BrNO2S. The van der Waals surface area contributed by atoms with Gasteiger partial charge in [0.25, 0.3) is 5.91 Å². The maximum absolute atomic E-state index is 12.4. The number of hydrogen-bond donors (Lipinski definition) is 0. The summed E-state index contributed by atoms with van der Waals surface area (Å²) in [5.41, 5.74) is 1.67. The fourth-order valence-electron chi connectivity index (χ4n) is 1.92. The van der Waals surface area contributed by atoms with E-state index >= 15 is 0 Å². The third-order valence-corrected chi connectivity index (χ3v) is 4.63. The van der Waals surface area contributed by atoms with Gasteiger partial charge in [-0.1, -0.05) is 6.07 Å². The Bertz CT molecular complexity index is 624. The Morgan fingerprint density at radius 2 is 2.10 bits per heavy atom. The van der Waals surface area contributed by atoms with E-state index in [9.17, 15) is 4.79 Å². The highest BCUT2D eigenvalue weighted by Gasteiger charge is 2.14. The Morgan fingerprint density at radius 3 is 2.70 bits per heavy atom. The number of methoxy groups -OCH3 is 1. The Hall–Kier alpha value is -1.33. The zero-order valence-electron chi connectivity index (χ0n) is 11.6. The maximum atomic E-state index is 12.4. The Labute approximate surface area is 131 Å². The summed E-state index contributed by atoms with van der Waals surface area (Å²) in [4.78, 5) is 15.3. The van der Waals surface area contributed by atoms with Crippen LogP contribution in [-0.2, 0) is 6.54 Å². The van der Waals surface area contributed by atoms with E-state index in [0.717, 1.165) is 20.0 Å². The summed E-state index contributed by atoms with van der Waals surface area (Å²) in [7, 11) is 3.42. The second-order valence-corrected chi connectivity index (χ2v) is 7.10. The number of benzene rings is 1. The molecule has 1 amide bonds. The van der Waals surface area contributed by atoms with Gasteiger partial charge in [-0.3, -0.25) is 4.79 Å². The summed E-state index contributed by atoms with van der Waals surface area (Å²) in [6.07, 6.45) is 0. The van der Waals surface area contributed by atoms with E-state index in [-0.39, 0.29) is 5.91 Å². The van der Waals surface area contributed by atoms with Crippen molar-refractivity contribution in [1.82, 2.24) is 4.90 Å². The lowest BCUT2D eigenvalue weighted by atomic mass is 10.1. The molecule has 0 saturated heterocycles. The standard InChI is InChI=1S/C15H16BrNO2S/c1-10-4-5-11(8-13(10)19-3)15(18)17(2)9-12-6-7-14(16)20-12/h4-8H,9H2,1-3H3. The lowest BCUT2D eigenvalue weighted by molar-refractivity contribution is 0.0786. The van der Waals surface area contributed by atoms with Crippen LogP contribution in [-0.4, -0.2) is 25.0 Å². The molecule has 0 spiro atoms. The van der Waals surface area contributed by atoms with E-state index in [2.05, 4.69) is 15.9 Å². The van der Waals surface area contributed by atoms with Gasteiger partial charge >= 0.3 is 0 Å². The second kappa shape index (κ2) is 6.41. The molecular weight excluding hydrogens is 338 g/mol. The summed E-state index contributed by atoms with van der Waals surface area (Å²) < 4.78 is 6.34. The van der Waals surface area contributed by atoms with Crippen molar-refractivity contribution in [3.05, 3.63) is 50.1 Å². The van der Waals surface area contributed by atoms with Crippen LogP contribution in [0.15, 0.2) is 34.1 Å². The van der Waals surface area contributed by atoms with E-state index in [4.69, 9.17) is 4.74 Å². The molecule has 5 heteroatoms. The second-order valence-electron chi connectivity index (χ2n) is 4.55. The number of thiophene rings is 1. The van der Waals surface area contributed by atoms with Crippen molar-refractivity contribution in [1.29, 1.82) is 0 Å². The van der Waals surface area contributed by atoms with Gasteiger partial charge in [-0.25, -0.2) is 0 Å². The first kappa shape index (κ1) is 15.1. The summed E-state index contributed by atoms with van der Waals surface area (Å²) in [5.74, 6) is 0.732. The zero-order chi connectivity index (χ0) is 14.7. The Morgan fingerprint density at radius 1 is 1.35 bits per heavy atom. The minimum absolute atomic E-state index is 0.00665. The smallest absolute Gasteiger partial charge is 0.254 e. The molecule has 106 valence electrons. The molecule has 0 N–H and O–H groups in total. The monoisotopic (exact) mass is 353 g/mol. The zero-order valence-corrected chi connectivity index (χ0v) is 14.0. The molecule has 1 aromatic carbocycles. The molecule has 0 bridgehead atoms. The van der Waals surface area contributed by atoms with Gasteiger partial charge in [0.15, 0.2) is 0 Å². The molecule has 20 heavy (non-hydrogen) atoms. The molecule has 0 radical (unpaired) electrons. The highest BCUT2D eigenvalue weighted by atomic mass is 79.9. The van der Waals surface area contributed by atoms with Crippen molar-refractivity contribution in [2.75, 3.05) is 14.2 Å². The summed E-state index contributed by atoms with van der Waals surface area (Å²) in [6.45, 7) is 2.56. The van der Waals surface area contributed by atoms with Crippen LogP contribution in [0, 0.1) is 6.92 Å². The number of carbonyl (C=O) groups is 1. The molecule has 0 unspecified atom stereocenters. The Balaban J connectivity index is 2.14. The topological polar surface area (TPSA) is 29.5 Å². The highest BCUT2D eigenvalue weighted by Crippen LogP contribution is 2.24. The van der Waals surface area contributed by atoms with Gasteiger partial charge in [-0.2, -0.15) is 0 Å². The molecule has 2 aromatic rings. The SMILES string of the molecule is COc1cc(C(=O)N(C)Cc2ccc(Br)s2)ccc1C. The van der Waals surface area contributed by atoms with Crippen molar-refractivity contribution >= 4 is 33.2 Å². The number of ether oxygens (including phenoxy) is 1. The van der Waals surface area contributed by atoms with Crippen molar-refractivity contribution < 1.29 is 9.53 Å². The molecule has 0 aliphatic heterocycles. The first-order valence-corrected chi connectivity index (χ1v) is 7.76. The average molecular weight is 354 g/mol. The van der Waals surface area contributed by atoms with Crippen LogP contribution in [0.3, 0.4) is 0 Å². The van der Waals surface area contributed by atoms with Gasteiger partial charge in [-0.05, 0) is 52.7 Å². The van der Waals surface area contributed by atoms with Crippen LogP contribution < -0.4 is 4.74 Å². The van der Waals surface area contributed by atoms with E-state index in [1.807, 2.05) is 38.2 Å². The van der Waals surface area contributed by atoms with Crippen molar-refractivity contribution in [3.63, 3.8) is 0 Å². The molecule has 0 aliphatic rings. The maximum Gasteiger partial charge on any atom is 0.254 e. The molecule has 0 fully saturated rings. The van der Waals surface area contributed by atoms with Crippen LogP contribution >= 0.6 is 27.3 Å². The van der Waals surface area contributed by atoms with Gasteiger partial charge in [0, 0.05) is 17.5 Å². The van der Waals surface area contributed by atoms with Gasteiger partial charge in [0.1, 0.15) is 5.75 Å². The minimum Gasteiger partial charge on any atom is -0.496 e. The van der Waals surface area contributed by atoms with Gasteiger partial charge in [0.05, 0.1) is 17.4 Å². The van der Waals surface area contributed by atoms with Gasteiger partial charge < -0.3 is 9.64 Å². The van der Waals surface area contributed by atoms with Crippen LogP contribution in [0.25, 0.3) is 0 Å². The predicted octanol–water partition coefficient (Wildman–Crippen LogP) is 4.10. The number of rotatable bonds is 4. The van der Waals surface area contributed by atoms with Crippen molar-refractivity contribution in [3.8, 4) is 5.75 Å². The van der Waals surface area contributed by atoms with E-state index in [1.54, 1.807) is 29.4 Å². The van der Waals surface area contributed by atoms with E-state index in [1.165, 1.54) is 0 Å². The number of aryl methyl sites for hydroxylation is 1. The Kier molecular flexibility index (Phi) is 4.83. The summed E-state index contributed by atoms with van der Waals surface area (Å²) >= 11 is 5.07. The van der Waals surface area contributed by atoms with E-state index < -0.39 is 0 Å². The lowest BCUT2D eigenvalue weighted by Crippen LogP contribution is -2.25. The van der Waals surface area contributed by atoms with Crippen LogP contribution in [0.4, 0.5) is 0 Å². The van der Waals surface area contributed by atoms with Crippen molar-refractivity contribution in [2.45, 2.75) is 13.5 Å². The number of carbonyl (C=O) groups excluding carboxylic acids is 1. The number of nitrogens with zero attached hydrogens (tertiary/aromatic N) is 1. The van der Waals surface area contributed by atoms with Crippen LogP contribution in [0.1, 0.15) is 20.8 Å². The van der Waals surface area contributed by atoms with Crippen LogP contribution in [0.5, 0.6) is 5.75 Å². The van der Waals surface area contributed by atoms with Gasteiger partial charge in [-0.15, -0.1) is 11.3 Å². The normalized spacial score (nSPS) is 10.4. The summed E-state index contributed by atoms with van der Waals surface area (Å²) in [6, 6.07) is 9.54. The van der Waals surface area contributed by atoms with Crippen molar-refractivity contribution in [2.24, 2.45) is 0 Å². The summed E-state index contributed by atoms with van der Waals surface area (Å²) in [5, 5.41) is 0. The molecule has 2 rings (SSSR count). The molecule has 0 saturated carbocycles.